The van der Waals surface area contributed by atoms with E-state index >= 15 is 0 Å². The van der Waals surface area contributed by atoms with Crippen molar-refractivity contribution in [2.24, 2.45) is 0 Å². The molecule has 0 spiro atoms. The van der Waals surface area contributed by atoms with Gasteiger partial charge in [0.15, 0.2) is 0 Å². The van der Waals surface area contributed by atoms with Gasteiger partial charge in [-0.1, -0.05) is 24.3 Å². The van der Waals surface area contributed by atoms with Gasteiger partial charge in [0.1, 0.15) is 11.8 Å². The van der Waals surface area contributed by atoms with Crippen molar-refractivity contribution in [1.82, 2.24) is 5.32 Å². The second-order valence-electron chi connectivity index (χ2n) is 5.35. The number of non-ortho nitro benzene ring substituents is 1. The van der Waals surface area contributed by atoms with Crippen LogP contribution in [0, 0.1) is 10.1 Å². The van der Waals surface area contributed by atoms with E-state index in [0.717, 1.165) is 0 Å². The van der Waals surface area contributed by atoms with Crippen LogP contribution in [0.1, 0.15) is 16.8 Å². The van der Waals surface area contributed by atoms with Crippen LogP contribution < -0.4 is 10.1 Å². The fourth-order valence-electron chi connectivity index (χ4n) is 2.16. The van der Waals surface area contributed by atoms with Crippen LogP contribution in [0.2, 0.25) is 0 Å². The van der Waals surface area contributed by atoms with Crippen LogP contribution >= 0.6 is 11.8 Å². The monoisotopic (exact) mass is 374 g/mol. The molecule has 2 aromatic carbocycles. The summed E-state index contributed by atoms with van der Waals surface area (Å²) in [6.07, 6.45) is 2.27. The van der Waals surface area contributed by atoms with Gasteiger partial charge in [-0.3, -0.25) is 14.9 Å². The van der Waals surface area contributed by atoms with E-state index in [2.05, 4.69) is 5.32 Å². The molecular weight excluding hydrogens is 356 g/mol. The molecule has 0 heterocycles. The zero-order valence-electron chi connectivity index (χ0n) is 14.1. The van der Waals surface area contributed by atoms with Gasteiger partial charge in [-0.2, -0.15) is 11.8 Å². The molecule has 26 heavy (non-hydrogen) atoms. The van der Waals surface area contributed by atoms with E-state index in [4.69, 9.17) is 4.74 Å². The van der Waals surface area contributed by atoms with E-state index in [-0.39, 0.29) is 11.3 Å². The highest BCUT2D eigenvalue weighted by molar-refractivity contribution is 7.98. The topological polar surface area (TPSA) is 98.5 Å². The van der Waals surface area contributed by atoms with E-state index in [9.17, 15) is 19.7 Å². The highest BCUT2D eigenvalue weighted by Gasteiger charge is 2.24. The van der Waals surface area contributed by atoms with Crippen LogP contribution in [0.15, 0.2) is 54.6 Å². The van der Waals surface area contributed by atoms with Crippen molar-refractivity contribution in [2.75, 3.05) is 12.0 Å². The highest BCUT2D eigenvalue weighted by Crippen LogP contribution is 2.15. The molecule has 0 aliphatic carbocycles. The molecule has 0 radical (unpaired) electrons. The average Bonchev–Trinajstić information content (AvgIpc) is 2.65. The first-order valence-electron chi connectivity index (χ1n) is 7.82. The Labute approximate surface area is 154 Å². The first kappa shape index (κ1) is 19.5. The number of amides is 1. The number of nitro groups is 1. The Morgan fingerprint density at radius 3 is 2.58 bits per heavy atom. The van der Waals surface area contributed by atoms with Gasteiger partial charge in [0, 0.05) is 17.7 Å². The molecule has 7 nitrogen and oxygen atoms in total. The summed E-state index contributed by atoms with van der Waals surface area (Å²) in [4.78, 5) is 35.1. The van der Waals surface area contributed by atoms with Crippen LogP contribution in [0.5, 0.6) is 5.75 Å². The van der Waals surface area contributed by atoms with Crippen LogP contribution in [-0.4, -0.2) is 34.9 Å². The maximum atomic E-state index is 12.4. The minimum absolute atomic E-state index is 0.112. The molecule has 1 N–H and O–H groups in total. The average molecular weight is 374 g/mol. The predicted octanol–water partition coefficient (Wildman–Crippen LogP) is 3.05. The van der Waals surface area contributed by atoms with Gasteiger partial charge in [0.25, 0.3) is 11.6 Å². The molecule has 0 saturated carbocycles. The maximum absolute atomic E-state index is 12.4. The third-order valence-electron chi connectivity index (χ3n) is 3.48. The lowest BCUT2D eigenvalue weighted by atomic mass is 10.1. The molecule has 1 amide bonds. The molecule has 2 rings (SSSR count). The summed E-state index contributed by atoms with van der Waals surface area (Å²) in [5.41, 5.74) is -0.0777. The fourth-order valence-corrected chi connectivity index (χ4v) is 2.63. The number of rotatable bonds is 8. The number of para-hydroxylation sites is 1. The van der Waals surface area contributed by atoms with Crippen molar-refractivity contribution in [1.29, 1.82) is 0 Å². The molecule has 136 valence electrons. The number of ether oxygens (including phenoxy) is 1. The maximum Gasteiger partial charge on any atom is 0.334 e. The van der Waals surface area contributed by atoms with Crippen molar-refractivity contribution in [3.05, 3.63) is 70.3 Å². The lowest BCUT2D eigenvalue weighted by molar-refractivity contribution is -0.384. The number of benzene rings is 2. The number of hydrogen-bond donors (Lipinski definition) is 1. The highest BCUT2D eigenvalue weighted by atomic mass is 32.2. The van der Waals surface area contributed by atoms with Gasteiger partial charge in [0.05, 0.1) is 4.92 Å². The Morgan fingerprint density at radius 2 is 1.92 bits per heavy atom. The third kappa shape index (κ3) is 5.59. The minimum atomic E-state index is -0.852. The van der Waals surface area contributed by atoms with Crippen LogP contribution in [0.25, 0.3) is 0 Å². The van der Waals surface area contributed by atoms with E-state index in [1.807, 2.05) is 6.26 Å². The van der Waals surface area contributed by atoms with Gasteiger partial charge < -0.3 is 10.1 Å². The smallest absolute Gasteiger partial charge is 0.334 e. The number of thioether (sulfide) groups is 1. The van der Waals surface area contributed by atoms with Crippen molar-refractivity contribution >= 4 is 29.3 Å². The number of carbonyl (C=O) groups is 2. The Hall–Kier alpha value is -2.87. The van der Waals surface area contributed by atoms with E-state index < -0.39 is 22.8 Å². The van der Waals surface area contributed by atoms with Gasteiger partial charge in [-0.05, 0) is 36.6 Å². The lowest BCUT2D eigenvalue weighted by Crippen LogP contribution is -2.43. The fraction of sp³-hybridized carbons (Fsp3) is 0.222. The third-order valence-corrected chi connectivity index (χ3v) is 4.13. The molecule has 8 heteroatoms. The zero-order valence-corrected chi connectivity index (χ0v) is 14.9. The predicted molar refractivity (Wildman–Crippen MR) is 99.4 cm³/mol. The Balaban J connectivity index is 2.11. The van der Waals surface area contributed by atoms with Gasteiger partial charge in [-0.25, -0.2) is 4.79 Å². The molecular formula is C18H18N2O5S. The summed E-state index contributed by atoms with van der Waals surface area (Å²) >= 11 is 1.53. The summed E-state index contributed by atoms with van der Waals surface area (Å²) in [7, 11) is 0. The Bertz CT molecular complexity index is 782. The molecule has 2 aromatic rings. The molecule has 0 saturated heterocycles. The number of nitrogens with one attached hydrogen (secondary N) is 1. The van der Waals surface area contributed by atoms with Crippen LogP contribution in [0.3, 0.4) is 0 Å². The Kier molecular flexibility index (Phi) is 7.16. The second kappa shape index (κ2) is 9.57. The summed E-state index contributed by atoms with van der Waals surface area (Å²) < 4.78 is 5.30. The van der Waals surface area contributed by atoms with Crippen molar-refractivity contribution in [2.45, 2.75) is 12.5 Å². The number of esters is 1. The standard InChI is InChI=1S/C18H18N2O5S/c1-26-11-10-16(18(22)25-15-8-3-2-4-9-15)19-17(21)13-6-5-7-14(12-13)20(23)24/h2-9,12,16H,10-11H2,1H3,(H,19,21)/t16-/m0/s1. The largest absolute Gasteiger partial charge is 0.425 e. The molecule has 0 aliphatic rings. The zero-order chi connectivity index (χ0) is 18.9. The first-order chi connectivity index (χ1) is 12.5. The van der Waals surface area contributed by atoms with E-state index in [1.54, 1.807) is 30.3 Å². The molecule has 1 atom stereocenters. The molecule has 0 bridgehead atoms. The van der Waals surface area contributed by atoms with Gasteiger partial charge in [-0.15, -0.1) is 0 Å². The summed E-state index contributed by atoms with van der Waals surface area (Å²) in [6, 6.07) is 13.1. The normalized spacial score (nSPS) is 11.4. The quantitative estimate of drug-likeness (QED) is 0.330. The second-order valence-corrected chi connectivity index (χ2v) is 6.33. The first-order valence-corrected chi connectivity index (χ1v) is 9.21. The summed E-state index contributed by atoms with van der Waals surface area (Å²) in [5, 5.41) is 13.5. The van der Waals surface area contributed by atoms with Crippen LogP contribution in [-0.2, 0) is 4.79 Å². The molecule has 0 unspecified atom stereocenters. The molecule has 0 aromatic heterocycles. The molecule has 0 fully saturated rings. The number of hydrogen-bond acceptors (Lipinski definition) is 6. The van der Waals surface area contributed by atoms with E-state index in [1.165, 1.54) is 36.0 Å². The van der Waals surface area contributed by atoms with Crippen molar-refractivity contribution in [3.8, 4) is 5.75 Å². The van der Waals surface area contributed by atoms with Gasteiger partial charge >= 0.3 is 5.97 Å². The van der Waals surface area contributed by atoms with Crippen LogP contribution in [0.4, 0.5) is 5.69 Å². The summed E-state index contributed by atoms with van der Waals surface area (Å²) in [6.45, 7) is 0. The SMILES string of the molecule is CSCC[C@H](NC(=O)c1cccc([N+](=O)[O-])c1)C(=O)Oc1ccccc1. The number of nitrogens with zero attached hydrogens (tertiary/aromatic N) is 1. The molecule has 0 aliphatic heterocycles. The summed E-state index contributed by atoms with van der Waals surface area (Å²) in [5.74, 6) is -0.117. The van der Waals surface area contributed by atoms with Crippen molar-refractivity contribution in [3.63, 3.8) is 0 Å². The Morgan fingerprint density at radius 1 is 1.19 bits per heavy atom. The van der Waals surface area contributed by atoms with Crippen molar-refractivity contribution < 1.29 is 19.2 Å². The lowest BCUT2D eigenvalue weighted by Gasteiger charge is -2.17. The van der Waals surface area contributed by atoms with Gasteiger partial charge in [0.2, 0.25) is 0 Å². The minimum Gasteiger partial charge on any atom is -0.425 e. The number of carbonyl (C=O) groups excluding carboxylic acids is 2. The van der Waals surface area contributed by atoms with E-state index in [0.29, 0.717) is 17.9 Å². The number of nitro benzene ring substituents is 1.